The summed E-state index contributed by atoms with van der Waals surface area (Å²) in [6.07, 6.45) is 15.7. The van der Waals surface area contributed by atoms with Crippen molar-refractivity contribution in [3.8, 4) is 11.1 Å². The summed E-state index contributed by atoms with van der Waals surface area (Å²) in [5.74, 6) is -0.434. The van der Waals surface area contributed by atoms with Crippen molar-refractivity contribution in [2.45, 2.75) is 264 Å². The second kappa shape index (κ2) is 52.7. The molecule has 9 heterocycles. The van der Waals surface area contributed by atoms with Gasteiger partial charge in [-0.15, -0.1) is 34.0 Å². The second-order valence-corrected chi connectivity index (χ2v) is 67.8. The Morgan fingerprint density at radius 1 is 0.504 bits per heavy atom. The molecule has 4 aliphatic rings. The number of rotatable bonds is 31. The Hall–Kier alpha value is -0.713. The van der Waals surface area contributed by atoms with Gasteiger partial charge in [0, 0.05) is 91.4 Å². The zero-order chi connectivity index (χ0) is 82.8. The minimum absolute atomic E-state index is 0.434. The summed E-state index contributed by atoms with van der Waals surface area (Å²) < 4.78 is 28.1. The maximum atomic E-state index is 12.7. The Morgan fingerprint density at radius 2 is 0.867 bits per heavy atom. The van der Waals surface area contributed by atoms with Gasteiger partial charge < -0.3 is 19.7 Å². The zero-order valence-electron chi connectivity index (χ0n) is 72.1. The Kier molecular flexibility index (Phi) is 47.1. The number of hydrogen-bond donors (Lipinski definition) is 1. The molecule has 1 N–H and O–H groups in total. The van der Waals surface area contributed by atoms with Crippen molar-refractivity contribution in [1.82, 2.24) is 49.8 Å². The van der Waals surface area contributed by atoms with Crippen LogP contribution in [0, 0.1) is 6.92 Å². The summed E-state index contributed by atoms with van der Waals surface area (Å²) in [7, 11) is 1.38. The topological polar surface area (TPSA) is 135 Å². The normalized spacial score (nSPS) is 16.0. The van der Waals surface area contributed by atoms with Gasteiger partial charge >= 0.3 is 361 Å². The summed E-state index contributed by atoms with van der Waals surface area (Å²) in [6.45, 7) is 58.7. The molecule has 0 amide bonds. The number of benzene rings is 2. The van der Waals surface area contributed by atoms with Crippen LogP contribution >= 0.6 is 132 Å². The zero-order valence-corrected chi connectivity index (χ0v) is 89.0. The summed E-state index contributed by atoms with van der Waals surface area (Å²) in [4.78, 5) is 54.1. The second-order valence-electron chi connectivity index (χ2n) is 32.8. The van der Waals surface area contributed by atoms with Crippen molar-refractivity contribution in [3.05, 3.63) is 85.0 Å². The molecule has 4 saturated heterocycles. The fourth-order valence-electron chi connectivity index (χ4n) is 15.1. The average molecular weight is 2140 g/mol. The molecule has 11 rings (SSSR count). The van der Waals surface area contributed by atoms with Crippen LogP contribution in [0.3, 0.4) is 0 Å². The van der Waals surface area contributed by atoms with Crippen LogP contribution in [0.25, 0.3) is 21.3 Å². The molecule has 4 aliphatic heterocycles. The van der Waals surface area contributed by atoms with Crippen LogP contribution in [0.15, 0.2) is 68.9 Å². The van der Waals surface area contributed by atoms with Crippen LogP contribution in [-0.4, -0.2) is 229 Å². The standard InChI is InChI=1S/C21H21BrClNO3S.C10H16BrN3S.2C10H16N3S.C7H16N2.6C4H9.C3HBr2NS.2Sn/c1-11-10-14-18(28-20(22)24-14)16(12-6-8-13(23)9-7-12)15(11)17(19(25)26-5)27-21(2,3)4;1-8(2)13-3-5-14(6-4-13)10-12-9(11)7-15-10;2*1-9(2)12-4-6-13(7-5-12)10-11-3-8-14-10;1-7(2)9-5-3-8-4-6-9;6*1-3-4-2;4-2-1-7-3(5)6-2;;/h6-10,17H,1-5H3;7-8H,3-6H2,1-2H3;2*8-9H,4-7H2,1-2H3;7-8H,3-6H2,1-2H3;6*1,3-4H2,2H3;1H;;/t17-;;;;;;;;;;;;;/m0............./s1. The van der Waals surface area contributed by atoms with E-state index in [1.807, 2.05) is 91.5 Å². The Bertz CT molecular complexity index is 3620. The van der Waals surface area contributed by atoms with Crippen LogP contribution in [0.2, 0.25) is 31.6 Å². The summed E-state index contributed by atoms with van der Waals surface area (Å²) >= 11 is 23.4. The van der Waals surface area contributed by atoms with Crippen molar-refractivity contribution in [2.24, 2.45) is 0 Å². The van der Waals surface area contributed by atoms with Gasteiger partial charge in [0.15, 0.2) is 19.1 Å². The number of thiazole rings is 5. The largest absolute Gasteiger partial charge is 0.467 e. The minimum Gasteiger partial charge on any atom is -0.467 e. The molecule has 636 valence electrons. The number of anilines is 3. The molecule has 4 fully saturated rings. The van der Waals surface area contributed by atoms with Crippen molar-refractivity contribution < 1.29 is 14.3 Å². The van der Waals surface area contributed by atoms with Crippen molar-refractivity contribution >= 4 is 208 Å². The predicted molar refractivity (Wildman–Crippen MR) is 515 cm³/mol. The maximum absolute atomic E-state index is 12.7. The number of esters is 1. The Morgan fingerprint density at radius 3 is 1.18 bits per heavy atom. The molecule has 5 aromatic heterocycles. The molecule has 0 aliphatic carbocycles. The van der Waals surface area contributed by atoms with E-state index in [-0.39, 0.29) is 0 Å². The molecule has 0 unspecified atom stereocenters. The first-order valence-electron chi connectivity index (χ1n) is 42.3. The molecule has 16 nitrogen and oxygen atoms in total. The van der Waals surface area contributed by atoms with Gasteiger partial charge in [-0.25, -0.2) is 19.7 Å². The number of piperazine rings is 4. The molecule has 2 aromatic carbocycles. The van der Waals surface area contributed by atoms with E-state index in [1.54, 1.807) is 30.1 Å². The van der Waals surface area contributed by atoms with E-state index in [2.05, 4.69) is 226 Å². The number of ether oxygens (including phenoxy) is 2. The number of carbonyl (C=O) groups excluding carboxylic acids is 1. The molecule has 1 atom stereocenters. The van der Waals surface area contributed by atoms with E-state index in [0.29, 0.717) is 23.1 Å². The van der Waals surface area contributed by atoms with Crippen molar-refractivity contribution in [2.75, 3.05) is 127 Å². The Balaban J connectivity index is 0.000000223. The molecular formula is C85H140Br4ClN13O3S5Sn2. The van der Waals surface area contributed by atoms with Gasteiger partial charge in [0.25, 0.3) is 0 Å². The molecule has 7 aromatic rings. The minimum atomic E-state index is -2.35. The SMILES string of the molecule is Brc1csc(Br)n1.CC(C)N1CCN(c2nc(Br)cs2)CC1.CC(C)N1CCNCC1.CCC[CH2][Sn]([CH2]CCC)([CH2]CCC)[c]1csc(N2CCN(C(C)C)CC2)n1.CCC[CH2][Sn]([CH2]CCC)([CH2]CCC)[c]1csc(N2CCN(C(C)C)CC2)n1.COC(=O)[C@@H](OC(C)(C)C)c1c(C)cc2nc(Br)sc2c1-c1ccc(Cl)cc1. The smallest absolute Gasteiger partial charge is 0.339 e. The number of nitrogens with zero attached hydrogens (tertiary/aromatic N) is 12. The maximum Gasteiger partial charge on any atom is 0.339 e. The fourth-order valence-corrected chi connectivity index (χ4v) is 55.8. The van der Waals surface area contributed by atoms with E-state index in [1.165, 1.54) is 172 Å². The molecule has 0 spiro atoms. The third-order valence-corrected chi connectivity index (χ3v) is 60.6. The first kappa shape index (κ1) is 101. The molecule has 0 saturated carbocycles. The number of halogens is 5. The monoisotopic (exact) mass is 2140 g/mol. The van der Waals surface area contributed by atoms with Gasteiger partial charge in [0.1, 0.15) is 9.21 Å². The average Bonchev–Trinajstić information content (AvgIpc) is 1.70. The third kappa shape index (κ3) is 33.1. The summed E-state index contributed by atoms with van der Waals surface area (Å²) in [5.41, 5.74) is 3.88. The number of fused-ring (bicyclic) bond motifs is 1. The number of aromatic nitrogens is 5. The van der Waals surface area contributed by atoms with Crippen LogP contribution in [0.1, 0.15) is 212 Å². The van der Waals surface area contributed by atoms with E-state index in [9.17, 15) is 4.79 Å². The molecular weight excluding hydrogens is 2000 g/mol. The third-order valence-electron chi connectivity index (χ3n) is 22.0. The van der Waals surface area contributed by atoms with Crippen LogP contribution in [-0.2, 0) is 14.3 Å². The quantitative estimate of drug-likeness (QED) is 0.0326. The number of hydrogen-bond acceptors (Lipinski definition) is 21. The van der Waals surface area contributed by atoms with Crippen molar-refractivity contribution in [1.29, 1.82) is 0 Å². The fraction of sp³-hybridized carbons (Fsp3) is 0.694. The first-order valence-corrected chi connectivity index (χ1v) is 65.2. The van der Waals surface area contributed by atoms with Gasteiger partial charge in [-0.3, -0.25) is 9.80 Å². The summed E-state index contributed by atoms with van der Waals surface area (Å²) in [5, 5.41) is 16.7. The molecule has 0 bridgehead atoms. The van der Waals surface area contributed by atoms with Gasteiger partial charge in [-0.05, 0) is 148 Å². The van der Waals surface area contributed by atoms with Crippen LogP contribution in [0.4, 0.5) is 15.4 Å². The van der Waals surface area contributed by atoms with E-state index in [0.717, 1.165) is 126 Å². The van der Waals surface area contributed by atoms with Gasteiger partial charge in [0.2, 0.25) is 0 Å². The van der Waals surface area contributed by atoms with Crippen molar-refractivity contribution in [3.63, 3.8) is 0 Å². The van der Waals surface area contributed by atoms with E-state index in [4.69, 9.17) is 31.0 Å². The number of methoxy groups -OCH3 is 1. The first-order chi connectivity index (χ1) is 54.0. The molecule has 0 radical (unpaired) electrons. The Labute approximate surface area is 750 Å². The molecule has 113 heavy (non-hydrogen) atoms. The van der Waals surface area contributed by atoms with E-state index < -0.39 is 54.4 Å². The number of aryl methyl sites for hydroxylation is 1. The van der Waals surface area contributed by atoms with Crippen LogP contribution < -0.4 is 27.4 Å². The van der Waals surface area contributed by atoms with E-state index >= 15 is 0 Å². The van der Waals surface area contributed by atoms with Gasteiger partial charge in [0.05, 0.1) is 22.9 Å². The number of nitrogens with one attached hydrogen (secondary N) is 1. The number of carbonyl (C=O) groups is 1. The van der Waals surface area contributed by atoms with Gasteiger partial charge in [-0.2, -0.15) is 0 Å². The summed E-state index contributed by atoms with van der Waals surface area (Å²) in [6, 6.07) is 12.3. The molecule has 28 heteroatoms. The van der Waals surface area contributed by atoms with Crippen LogP contribution in [0.5, 0.6) is 0 Å². The van der Waals surface area contributed by atoms with Gasteiger partial charge in [-0.1, -0.05) is 23.7 Å². The predicted octanol–water partition coefficient (Wildman–Crippen LogP) is 23.6. The number of unbranched alkanes of at least 4 members (excludes halogenated alkanes) is 6.